The highest BCUT2D eigenvalue weighted by molar-refractivity contribution is 5.75. The molecule has 106 valence electrons. The van der Waals surface area contributed by atoms with Crippen LogP contribution in [-0.4, -0.2) is 45.5 Å². The number of likely N-dealkylation sites (N-methyl/N-ethyl adjacent to an activating group) is 1. The first-order chi connectivity index (χ1) is 8.95. The van der Waals surface area contributed by atoms with Crippen LogP contribution in [0.1, 0.15) is 24.9 Å². The predicted octanol–water partition coefficient (Wildman–Crippen LogP) is 1.88. The molecule has 0 unspecified atom stereocenters. The van der Waals surface area contributed by atoms with Gasteiger partial charge in [0, 0.05) is 32.7 Å². The highest BCUT2D eigenvalue weighted by atomic mass is 16.1. The molecule has 4 heteroatoms. The molecule has 0 aliphatic rings. The Labute approximate surface area is 116 Å². The standard InChI is InChI=1S/C15H25N3O/c1-6-15(19)16-11-14(18(4)5)12-7-9-13(10-8-12)17(2)3/h7-10,14H,6,11H2,1-5H3,(H,16,19)/t14-/m1/s1. The summed E-state index contributed by atoms with van der Waals surface area (Å²) in [5.41, 5.74) is 2.39. The van der Waals surface area contributed by atoms with Crippen LogP contribution in [0.2, 0.25) is 0 Å². The van der Waals surface area contributed by atoms with Crippen molar-refractivity contribution in [2.75, 3.05) is 39.6 Å². The van der Waals surface area contributed by atoms with Gasteiger partial charge in [-0.1, -0.05) is 19.1 Å². The van der Waals surface area contributed by atoms with Crippen molar-refractivity contribution in [2.45, 2.75) is 19.4 Å². The summed E-state index contributed by atoms with van der Waals surface area (Å²) in [6.45, 7) is 2.51. The minimum Gasteiger partial charge on any atom is -0.378 e. The van der Waals surface area contributed by atoms with Gasteiger partial charge in [-0.05, 0) is 31.8 Å². The zero-order valence-corrected chi connectivity index (χ0v) is 12.6. The SMILES string of the molecule is CCC(=O)NC[C@H](c1ccc(N(C)C)cc1)N(C)C. The van der Waals surface area contributed by atoms with Gasteiger partial charge in [-0.3, -0.25) is 4.79 Å². The van der Waals surface area contributed by atoms with Gasteiger partial charge in [0.2, 0.25) is 5.91 Å². The predicted molar refractivity (Wildman–Crippen MR) is 80.5 cm³/mol. The van der Waals surface area contributed by atoms with Crippen molar-refractivity contribution in [2.24, 2.45) is 0 Å². The van der Waals surface area contributed by atoms with Crippen LogP contribution in [0.25, 0.3) is 0 Å². The van der Waals surface area contributed by atoms with E-state index in [0.29, 0.717) is 13.0 Å². The van der Waals surface area contributed by atoms with Gasteiger partial charge in [-0.2, -0.15) is 0 Å². The summed E-state index contributed by atoms with van der Waals surface area (Å²) in [5, 5.41) is 2.96. The monoisotopic (exact) mass is 263 g/mol. The van der Waals surface area contributed by atoms with Gasteiger partial charge in [-0.15, -0.1) is 0 Å². The maximum Gasteiger partial charge on any atom is 0.219 e. The van der Waals surface area contributed by atoms with Crippen LogP contribution in [0, 0.1) is 0 Å². The summed E-state index contributed by atoms with van der Waals surface area (Å²) in [4.78, 5) is 15.6. The lowest BCUT2D eigenvalue weighted by molar-refractivity contribution is -0.121. The normalized spacial score (nSPS) is 12.3. The van der Waals surface area contributed by atoms with E-state index in [1.165, 1.54) is 11.3 Å². The number of nitrogens with one attached hydrogen (secondary N) is 1. The fraction of sp³-hybridized carbons (Fsp3) is 0.533. The van der Waals surface area contributed by atoms with Crippen molar-refractivity contribution in [1.29, 1.82) is 0 Å². The molecule has 1 amide bonds. The molecule has 0 fully saturated rings. The van der Waals surface area contributed by atoms with Crippen molar-refractivity contribution in [3.63, 3.8) is 0 Å². The van der Waals surface area contributed by atoms with E-state index >= 15 is 0 Å². The maximum atomic E-state index is 11.4. The van der Waals surface area contributed by atoms with E-state index in [4.69, 9.17) is 0 Å². The molecule has 1 aromatic carbocycles. The van der Waals surface area contributed by atoms with Crippen molar-refractivity contribution in [3.8, 4) is 0 Å². The quantitative estimate of drug-likeness (QED) is 0.851. The van der Waals surface area contributed by atoms with Crippen molar-refractivity contribution < 1.29 is 4.79 Å². The van der Waals surface area contributed by atoms with Crippen LogP contribution in [0.15, 0.2) is 24.3 Å². The molecule has 4 nitrogen and oxygen atoms in total. The first-order valence-corrected chi connectivity index (χ1v) is 6.66. The Hall–Kier alpha value is -1.55. The minimum atomic E-state index is 0.0942. The van der Waals surface area contributed by atoms with E-state index in [0.717, 1.165) is 0 Å². The van der Waals surface area contributed by atoms with Crippen molar-refractivity contribution in [3.05, 3.63) is 29.8 Å². The Balaban J connectivity index is 2.78. The highest BCUT2D eigenvalue weighted by Gasteiger charge is 2.14. The van der Waals surface area contributed by atoms with Crippen molar-refractivity contribution in [1.82, 2.24) is 10.2 Å². The zero-order valence-electron chi connectivity index (χ0n) is 12.6. The second-order valence-electron chi connectivity index (χ2n) is 5.12. The third-order valence-electron chi connectivity index (χ3n) is 3.23. The number of benzene rings is 1. The third-order valence-corrected chi connectivity index (χ3v) is 3.23. The molecule has 0 radical (unpaired) electrons. The van der Waals surface area contributed by atoms with Crippen LogP contribution in [0.4, 0.5) is 5.69 Å². The first kappa shape index (κ1) is 15.5. The molecule has 1 N–H and O–H groups in total. The topological polar surface area (TPSA) is 35.6 Å². The Morgan fingerprint density at radius 3 is 2.16 bits per heavy atom. The molecular formula is C15H25N3O. The molecule has 0 bridgehead atoms. The number of hydrogen-bond acceptors (Lipinski definition) is 3. The van der Waals surface area contributed by atoms with Gasteiger partial charge in [0.05, 0.1) is 6.04 Å². The summed E-state index contributed by atoms with van der Waals surface area (Å²) in [7, 11) is 8.12. The van der Waals surface area contributed by atoms with Crippen LogP contribution in [0.5, 0.6) is 0 Å². The van der Waals surface area contributed by atoms with E-state index in [9.17, 15) is 4.79 Å². The lowest BCUT2D eigenvalue weighted by Crippen LogP contribution is -2.34. The Morgan fingerprint density at radius 1 is 1.16 bits per heavy atom. The first-order valence-electron chi connectivity index (χ1n) is 6.66. The second kappa shape index (κ2) is 7.14. The number of hydrogen-bond donors (Lipinski definition) is 1. The smallest absolute Gasteiger partial charge is 0.219 e. The van der Waals surface area contributed by atoms with Gasteiger partial charge >= 0.3 is 0 Å². The number of carbonyl (C=O) groups is 1. The number of anilines is 1. The number of nitrogens with zero attached hydrogens (tertiary/aromatic N) is 2. The molecule has 0 heterocycles. The highest BCUT2D eigenvalue weighted by Crippen LogP contribution is 2.20. The van der Waals surface area contributed by atoms with Gasteiger partial charge in [-0.25, -0.2) is 0 Å². The molecule has 0 aliphatic heterocycles. The summed E-state index contributed by atoms with van der Waals surface area (Å²) in [6, 6.07) is 8.66. The van der Waals surface area contributed by atoms with Crippen LogP contribution < -0.4 is 10.2 Å². The lowest BCUT2D eigenvalue weighted by atomic mass is 10.1. The average molecular weight is 263 g/mol. The summed E-state index contributed by atoms with van der Waals surface area (Å²) in [5.74, 6) is 0.0942. The molecular weight excluding hydrogens is 238 g/mol. The Morgan fingerprint density at radius 2 is 1.74 bits per heavy atom. The molecule has 0 aliphatic carbocycles. The molecule has 19 heavy (non-hydrogen) atoms. The molecule has 0 saturated heterocycles. The third kappa shape index (κ3) is 4.56. The number of carbonyl (C=O) groups excluding carboxylic acids is 1. The van der Waals surface area contributed by atoms with Crippen LogP contribution in [-0.2, 0) is 4.79 Å². The minimum absolute atomic E-state index is 0.0942. The summed E-state index contributed by atoms with van der Waals surface area (Å²) < 4.78 is 0. The Kier molecular flexibility index (Phi) is 5.83. The van der Waals surface area contributed by atoms with Gasteiger partial charge in [0.1, 0.15) is 0 Å². The van der Waals surface area contributed by atoms with Crippen molar-refractivity contribution >= 4 is 11.6 Å². The average Bonchev–Trinajstić information content (AvgIpc) is 2.38. The fourth-order valence-corrected chi connectivity index (χ4v) is 1.93. The van der Waals surface area contributed by atoms with E-state index in [2.05, 4.69) is 39.4 Å². The number of amides is 1. The van der Waals surface area contributed by atoms with Crippen LogP contribution >= 0.6 is 0 Å². The van der Waals surface area contributed by atoms with E-state index in [-0.39, 0.29) is 11.9 Å². The summed E-state index contributed by atoms with van der Waals surface area (Å²) >= 11 is 0. The molecule has 1 aromatic rings. The Bertz CT molecular complexity index is 398. The van der Waals surface area contributed by atoms with Gasteiger partial charge in [0.25, 0.3) is 0 Å². The van der Waals surface area contributed by atoms with Gasteiger partial charge in [0.15, 0.2) is 0 Å². The largest absolute Gasteiger partial charge is 0.378 e. The maximum absolute atomic E-state index is 11.4. The zero-order chi connectivity index (χ0) is 14.4. The molecule has 1 atom stereocenters. The second-order valence-corrected chi connectivity index (χ2v) is 5.12. The molecule has 0 saturated carbocycles. The number of rotatable bonds is 6. The molecule has 1 rings (SSSR count). The molecule has 0 aromatic heterocycles. The fourth-order valence-electron chi connectivity index (χ4n) is 1.93. The van der Waals surface area contributed by atoms with E-state index < -0.39 is 0 Å². The van der Waals surface area contributed by atoms with Crippen LogP contribution in [0.3, 0.4) is 0 Å². The lowest BCUT2D eigenvalue weighted by Gasteiger charge is -2.25. The molecule has 0 spiro atoms. The van der Waals surface area contributed by atoms with Gasteiger partial charge < -0.3 is 15.1 Å². The van der Waals surface area contributed by atoms with E-state index in [1.54, 1.807) is 0 Å². The van der Waals surface area contributed by atoms with E-state index in [1.807, 2.05) is 35.1 Å². The summed E-state index contributed by atoms with van der Waals surface area (Å²) in [6.07, 6.45) is 0.527.